The van der Waals surface area contributed by atoms with Crippen LogP contribution in [-0.4, -0.2) is 86.4 Å². The summed E-state index contributed by atoms with van der Waals surface area (Å²) in [5.41, 5.74) is 0.565. The topological polar surface area (TPSA) is 74.6 Å². The van der Waals surface area contributed by atoms with Crippen molar-refractivity contribution >= 4 is 11.8 Å². The van der Waals surface area contributed by atoms with Crippen molar-refractivity contribution in [3.8, 4) is 5.82 Å². The lowest BCUT2D eigenvalue weighted by atomic mass is 10.1. The molecule has 0 saturated carbocycles. The van der Waals surface area contributed by atoms with Gasteiger partial charge in [0.2, 0.25) is 5.91 Å². The molecule has 0 spiro atoms. The van der Waals surface area contributed by atoms with E-state index in [0.29, 0.717) is 37.6 Å². The number of aromatic nitrogens is 3. The molecule has 28 heavy (non-hydrogen) atoms. The fourth-order valence-electron chi connectivity index (χ4n) is 3.99. The summed E-state index contributed by atoms with van der Waals surface area (Å²) in [5, 5.41) is 0. The number of hydrogen-bond acceptors (Lipinski definition) is 5. The summed E-state index contributed by atoms with van der Waals surface area (Å²) in [6, 6.07) is 3.45. The Balaban J connectivity index is 1.40. The van der Waals surface area contributed by atoms with Gasteiger partial charge in [-0.3, -0.25) is 19.1 Å². The summed E-state index contributed by atoms with van der Waals surface area (Å²) in [7, 11) is 0. The SMILES string of the molecule is C[C@@H](C(=O)N1CCCC1)N1CCN(C(=O)c2cccnc2-n2ccnc2)CC1. The molecular formula is C20H26N6O2. The molecule has 8 heteroatoms. The third-order valence-electron chi connectivity index (χ3n) is 5.69. The lowest BCUT2D eigenvalue weighted by Gasteiger charge is -2.38. The summed E-state index contributed by atoms with van der Waals surface area (Å²) < 4.78 is 1.75. The van der Waals surface area contributed by atoms with Gasteiger partial charge in [-0.15, -0.1) is 0 Å². The van der Waals surface area contributed by atoms with Gasteiger partial charge in [-0.2, -0.15) is 0 Å². The number of rotatable bonds is 4. The molecule has 2 saturated heterocycles. The second-order valence-corrected chi connectivity index (χ2v) is 7.38. The number of piperazine rings is 1. The minimum Gasteiger partial charge on any atom is -0.341 e. The highest BCUT2D eigenvalue weighted by Gasteiger charge is 2.31. The summed E-state index contributed by atoms with van der Waals surface area (Å²) >= 11 is 0. The average molecular weight is 382 g/mol. The number of imidazole rings is 1. The van der Waals surface area contributed by atoms with Gasteiger partial charge in [0.25, 0.3) is 5.91 Å². The quantitative estimate of drug-likeness (QED) is 0.790. The molecule has 2 aromatic heterocycles. The summed E-state index contributed by atoms with van der Waals surface area (Å²) in [6.45, 7) is 6.35. The van der Waals surface area contributed by atoms with Crippen molar-refractivity contribution < 1.29 is 9.59 Å². The first-order chi connectivity index (χ1) is 13.6. The van der Waals surface area contributed by atoms with Crippen molar-refractivity contribution in [2.75, 3.05) is 39.3 Å². The molecule has 148 valence electrons. The minimum atomic E-state index is -0.129. The number of carbonyl (C=O) groups is 2. The van der Waals surface area contributed by atoms with Gasteiger partial charge < -0.3 is 9.80 Å². The third kappa shape index (κ3) is 3.64. The molecule has 2 aliphatic heterocycles. The molecule has 0 aromatic carbocycles. The van der Waals surface area contributed by atoms with Crippen LogP contribution in [0.5, 0.6) is 0 Å². The predicted octanol–water partition coefficient (Wildman–Crippen LogP) is 1.04. The monoisotopic (exact) mass is 382 g/mol. The number of hydrogen-bond donors (Lipinski definition) is 0. The van der Waals surface area contributed by atoms with Crippen LogP contribution in [0, 0.1) is 0 Å². The average Bonchev–Trinajstić information content (AvgIpc) is 3.46. The van der Waals surface area contributed by atoms with Crippen molar-refractivity contribution in [3.05, 3.63) is 42.6 Å². The number of nitrogens with zero attached hydrogens (tertiary/aromatic N) is 6. The van der Waals surface area contributed by atoms with Crippen molar-refractivity contribution in [1.82, 2.24) is 29.2 Å². The van der Waals surface area contributed by atoms with Gasteiger partial charge in [0.05, 0.1) is 11.6 Å². The van der Waals surface area contributed by atoms with Crippen molar-refractivity contribution in [2.45, 2.75) is 25.8 Å². The summed E-state index contributed by atoms with van der Waals surface area (Å²) in [5.74, 6) is 0.770. The lowest BCUT2D eigenvalue weighted by Crippen LogP contribution is -2.55. The van der Waals surface area contributed by atoms with Crippen LogP contribution in [0.1, 0.15) is 30.1 Å². The van der Waals surface area contributed by atoms with Gasteiger partial charge in [-0.1, -0.05) is 0 Å². The Hall–Kier alpha value is -2.74. The van der Waals surface area contributed by atoms with Crippen LogP contribution >= 0.6 is 0 Å². The Morgan fingerprint density at radius 2 is 1.75 bits per heavy atom. The van der Waals surface area contributed by atoms with Crippen molar-refractivity contribution in [3.63, 3.8) is 0 Å². The van der Waals surface area contributed by atoms with Crippen LogP contribution in [0.2, 0.25) is 0 Å². The van der Waals surface area contributed by atoms with E-state index in [2.05, 4.69) is 14.9 Å². The Kier molecular flexibility index (Phi) is 5.38. The van der Waals surface area contributed by atoms with E-state index >= 15 is 0 Å². The van der Waals surface area contributed by atoms with E-state index in [-0.39, 0.29) is 17.9 Å². The molecule has 2 aromatic rings. The zero-order chi connectivity index (χ0) is 19.5. The first-order valence-corrected chi connectivity index (χ1v) is 9.90. The first-order valence-electron chi connectivity index (χ1n) is 9.90. The molecule has 0 aliphatic carbocycles. The molecule has 0 bridgehead atoms. The zero-order valence-electron chi connectivity index (χ0n) is 16.2. The fraction of sp³-hybridized carbons (Fsp3) is 0.500. The molecule has 4 rings (SSSR count). The second kappa shape index (κ2) is 8.10. The number of carbonyl (C=O) groups excluding carboxylic acids is 2. The molecule has 8 nitrogen and oxygen atoms in total. The van der Waals surface area contributed by atoms with Crippen LogP contribution in [0.4, 0.5) is 0 Å². The fourth-order valence-corrected chi connectivity index (χ4v) is 3.99. The van der Waals surface area contributed by atoms with Gasteiger partial charge in [-0.05, 0) is 31.9 Å². The first kappa shape index (κ1) is 18.6. The molecule has 4 heterocycles. The van der Waals surface area contributed by atoms with Crippen LogP contribution in [0.25, 0.3) is 5.82 Å². The van der Waals surface area contributed by atoms with E-state index in [0.717, 1.165) is 25.9 Å². The number of likely N-dealkylation sites (tertiary alicyclic amines) is 1. The van der Waals surface area contributed by atoms with Crippen molar-refractivity contribution in [1.29, 1.82) is 0 Å². The molecule has 1 atom stereocenters. The summed E-state index contributed by atoms with van der Waals surface area (Å²) in [6.07, 6.45) is 8.97. The minimum absolute atomic E-state index is 0.0324. The molecule has 2 aliphatic rings. The highest BCUT2D eigenvalue weighted by Crippen LogP contribution is 2.17. The van der Waals surface area contributed by atoms with Crippen LogP contribution in [0.15, 0.2) is 37.1 Å². The molecule has 0 N–H and O–H groups in total. The van der Waals surface area contributed by atoms with Gasteiger partial charge in [0.1, 0.15) is 6.33 Å². The van der Waals surface area contributed by atoms with E-state index in [4.69, 9.17) is 0 Å². The Morgan fingerprint density at radius 1 is 1.00 bits per heavy atom. The van der Waals surface area contributed by atoms with Gasteiger partial charge in [0.15, 0.2) is 5.82 Å². The molecule has 2 amide bonds. The maximum absolute atomic E-state index is 13.1. The normalized spacial score (nSPS) is 19.0. The number of pyridine rings is 1. The van der Waals surface area contributed by atoms with Crippen LogP contribution in [-0.2, 0) is 4.79 Å². The largest absolute Gasteiger partial charge is 0.341 e. The maximum atomic E-state index is 13.1. The van der Waals surface area contributed by atoms with E-state index in [1.54, 1.807) is 41.6 Å². The number of amides is 2. The van der Waals surface area contributed by atoms with Crippen molar-refractivity contribution in [2.24, 2.45) is 0 Å². The predicted molar refractivity (Wildman–Crippen MR) is 104 cm³/mol. The smallest absolute Gasteiger partial charge is 0.257 e. The Labute approximate surface area is 164 Å². The second-order valence-electron chi connectivity index (χ2n) is 7.38. The van der Waals surface area contributed by atoms with E-state index in [9.17, 15) is 9.59 Å². The van der Waals surface area contributed by atoms with Crippen LogP contribution < -0.4 is 0 Å². The van der Waals surface area contributed by atoms with Crippen LogP contribution in [0.3, 0.4) is 0 Å². The van der Waals surface area contributed by atoms with Gasteiger partial charge >= 0.3 is 0 Å². The maximum Gasteiger partial charge on any atom is 0.257 e. The highest BCUT2D eigenvalue weighted by molar-refractivity contribution is 5.97. The molecule has 2 fully saturated rings. The van der Waals surface area contributed by atoms with E-state index in [1.165, 1.54) is 0 Å². The Bertz CT molecular complexity index is 823. The van der Waals surface area contributed by atoms with E-state index in [1.807, 2.05) is 16.7 Å². The standard InChI is InChI=1S/C20H26N6O2/c1-16(19(27)24-8-2-3-9-24)23-11-13-25(14-12-23)20(28)17-5-4-6-22-18(17)26-10-7-21-15-26/h4-7,10,15-16H,2-3,8-9,11-14H2,1H3/t16-/m0/s1. The highest BCUT2D eigenvalue weighted by atomic mass is 16.2. The molecule has 0 unspecified atom stereocenters. The molecular weight excluding hydrogens is 356 g/mol. The van der Waals surface area contributed by atoms with E-state index < -0.39 is 0 Å². The Morgan fingerprint density at radius 3 is 2.43 bits per heavy atom. The van der Waals surface area contributed by atoms with Gasteiger partial charge in [-0.25, -0.2) is 9.97 Å². The lowest BCUT2D eigenvalue weighted by molar-refractivity contribution is -0.135. The van der Waals surface area contributed by atoms with Gasteiger partial charge in [0, 0.05) is 57.9 Å². The zero-order valence-corrected chi connectivity index (χ0v) is 16.2. The third-order valence-corrected chi connectivity index (χ3v) is 5.69. The molecule has 0 radical (unpaired) electrons. The summed E-state index contributed by atoms with van der Waals surface area (Å²) in [4.78, 5) is 40.1.